The Balaban J connectivity index is 3.15. The zero-order valence-electron chi connectivity index (χ0n) is 3.72. The summed E-state index contributed by atoms with van der Waals surface area (Å²) in [6.45, 7) is 3.19. The maximum Gasteiger partial charge on any atom is 0.311 e. The highest BCUT2D eigenvalue weighted by Crippen LogP contribution is 1.69. The second-order valence-corrected chi connectivity index (χ2v) is 0.927. The van der Waals surface area contributed by atoms with Crippen LogP contribution in [0.2, 0.25) is 0 Å². The van der Waals surface area contributed by atoms with E-state index in [1.165, 1.54) is 12.5 Å². The van der Waals surface area contributed by atoms with E-state index in [-0.39, 0.29) is 0 Å². The number of rotatable bonds is 3. The predicted molar refractivity (Wildman–Crippen MR) is 25.0 cm³/mol. The average Bonchev–Trinajstić information content (AvgIpc) is 1.68. The second-order valence-electron chi connectivity index (χ2n) is 0.927. The van der Waals surface area contributed by atoms with Crippen LogP contribution in [0.25, 0.3) is 0 Å². The SMILES string of the molecule is C=C[C@H](O)N[C]=O. The molecule has 1 amide bonds. The van der Waals surface area contributed by atoms with Crippen LogP contribution in [0.4, 0.5) is 0 Å². The number of hydrogen-bond acceptors (Lipinski definition) is 2. The molecule has 39 valence electrons. The molecule has 0 aromatic carbocycles. The maximum atomic E-state index is 9.33. The van der Waals surface area contributed by atoms with Crippen molar-refractivity contribution in [3.05, 3.63) is 12.7 Å². The average molecular weight is 100 g/mol. The zero-order chi connectivity index (χ0) is 5.70. The monoisotopic (exact) mass is 100 g/mol. The lowest BCUT2D eigenvalue weighted by Crippen LogP contribution is -2.23. The molecule has 0 unspecified atom stereocenters. The van der Waals surface area contributed by atoms with Gasteiger partial charge in [0.2, 0.25) is 0 Å². The lowest BCUT2D eigenvalue weighted by molar-refractivity contribution is 0.207. The van der Waals surface area contributed by atoms with Gasteiger partial charge in [-0.2, -0.15) is 0 Å². The van der Waals surface area contributed by atoms with Gasteiger partial charge in [0, 0.05) is 0 Å². The van der Waals surface area contributed by atoms with Crippen LogP contribution in [0.15, 0.2) is 12.7 Å². The number of aliphatic hydroxyl groups is 1. The molecule has 0 aliphatic carbocycles. The molecule has 0 aromatic heterocycles. The molecular formula is C4H6NO2. The molecule has 0 spiro atoms. The Kier molecular flexibility index (Phi) is 2.96. The largest absolute Gasteiger partial charge is 0.370 e. The van der Waals surface area contributed by atoms with Gasteiger partial charge in [-0.3, -0.25) is 4.79 Å². The van der Waals surface area contributed by atoms with E-state index in [9.17, 15) is 4.79 Å². The van der Waals surface area contributed by atoms with E-state index in [0.717, 1.165) is 0 Å². The smallest absolute Gasteiger partial charge is 0.311 e. The number of amides is 1. The highest BCUT2D eigenvalue weighted by Gasteiger charge is 1.88. The van der Waals surface area contributed by atoms with Gasteiger partial charge in [-0.1, -0.05) is 6.58 Å². The first kappa shape index (κ1) is 6.17. The standard InChI is InChI=1S/C4H6NO2/c1-2-4(7)5-3-6/h2,4,7H,1H2,(H,5,6)/t4-/m0/s1. The number of carbonyl (C=O) groups excluding carboxylic acids is 1. The van der Waals surface area contributed by atoms with Gasteiger partial charge < -0.3 is 10.4 Å². The normalized spacial score (nSPS) is 12.1. The van der Waals surface area contributed by atoms with Crippen molar-refractivity contribution in [3.8, 4) is 0 Å². The fourth-order valence-electron chi connectivity index (χ4n) is 0.119. The van der Waals surface area contributed by atoms with E-state index in [0.29, 0.717) is 0 Å². The van der Waals surface area contributed by atoms with Gasteiger partial charge >= 0.3 is 6.41 Å². The van der Waals surface area contributed by atoms with Gasteiger partial charge in [-0.05, 0) is 6.08 Å². The quantitative estimate of drug-likeness (QED) is 0.275. The molecule has 0 bridgehead atoms. The van der Waals surface area contributed by atoms with Crippen LogP contribution in [0.3, 0.4) is 0 Å². The van der Waals surface area contributed by atoms with Gasteiger partial charge in [-0.15, -0.1) is 0 Å². The molecule has 0 fully saturated rings. The van der Waals surface area contributed by atoms with E-state index in [1.54, 1.807) is 0 Å². The topological polar surface area (TPSA) is 49.3 Å². The second kappa shape index (κ2) is 3.36. The van der Waals surface area contributed by atoms with Gasteiger partial charge in [0.05, 0.1) is 0 Å². The minimum absolute atomic E-state index is 0.961. The van der Waals surface area contributed by atoms with Crippen molar-refractivity contribution in [1.82, 2.24) is 5.32 Å². The Bertz CT molecular complexity index is 72.1. The number of nitrogens with one attached hydrogen (secondary N) is 1. The minimum atomic E-state index is -0.961. The lowest BCUT2D eigenvalue weighted by Gasteiger charge is -1.96. The molecule has 3 heteroatoms. The third-order valence-electron chi connectivity index (χ3n) is 0.430. The fourth-order valence-corrected chi connectivity index (χ4v) is 0.119. The molecule has 1 atom stereocenters. The van der Waals surface area contributed by atoms with E-state index < -0.39 is 6.23 Å². The summed E-state index contributed by atoms with van der Waals surface area (Å²) in [5, 5.41) is 10.3. The van der Waals surface area contributed by atoms with Gasteiger partial charge in [0.1, 0.15) is 6.23 Å². The highest BCUT2D eigenvalue weighted by atomic mass is 16.3. The summed E-state index contributed by atoms with van der Waals surface area (Å²) in [5.74, 6) is 0. The molecule has 1 radical (unpaired) electrons. The fraction of sp³-hybridized carbons (Fsp3) is 0.250. The third-order valence-corrected chi connectivity index (χ3v) is 0.430. The first-order chi connectivity index (χ1) is 3.31. The predicted octanol–water partition coefficient (Wildman–Crippen LogP) is -0.852. The van der Waals surface area contributed by atoms with Crippen LogP contribution in [0.5, 0.6) is 0 Å². The Morgan fingerprint density at radius 1 is 2.00 bits per heavy atom. The molecule has 0 aromatic rings. The molecule has 0 heterocycles. The van der Waals surface area contributed by atoms with Crippen molar-refractivity contribution in [2.75, 3.05) is 0 Å². The summed E-state index contributed by atoms with van der Waals surface area (Å²) in [6, 6.07) is 0. The van der Waals surface area contributed by atoms with Crippen molar-refractivity contribution in [2.45, 2.75) is 6.23 Å². The summed E-state index contributed by atoms with van der Waals surface area (Å²) < 4.78 is 0. The Morgan fingerprint density at radius 2 is 2.57 bits per heavy atom. The maximum absolute atomic E-state index is 9.33. The lowest BCUT2D eigenvalue weighted by atomic mass is 10.6. The van der Waals surface area contributed by atoms with Gasteiger partial charge in [-0.25, -0.2) is 0 Å². The third kappa shape index (κ3) is 2.99. The number of aliphatic hydroxyl groups excluding tert-OH is 1. The van der Waals surface area contributed by atoms with Crippen LogP contribution < -0.4 is 5.32 Å². The first-order valence-electron chi connectivity index (χ1n) is 1.74. The summed E-state index contributed by atoms with van der Waals surface area (Å²) >= 11 is 0. The summed E-state index contributed by atoms with van der Waals surface area (Å²) in [7, 11) is 0. The van der Waals surface area contributed by atoms with Crippen LogP contribution in [-0.2, 0) is 4.79 Å². The summed E-state index contributed by atoms with van der Waals surface area (Å²) in [4.78, 5) is 9.33. The Morgan fingerprint density at radius 3 is 2.71 bits per heavy atom. The first-order valence-corrected chi connectivity index (χ1v) is 1.74. The van der Waals surface area contributed by atoms with Gasteiger partial charge in [0.15, 0.2) is 0 Å². The van der Waals surface area contributed by atoms with Gasteiger partial charge in [0.25, 0.3) is 0 Å². The van der Waals surface area contributed by atoms with Crippen molar-refractivity contribution in [1.29, 1.82) is 0 Å². The molecule has 0 aliphatic rings. The van der Waals surface area contributed by atoms with Crippen molar-refractivity contribution >= 4 is 6.41 Å². The molecule has 3 nitrogen and oxygen atoms in total. The van der Waals surface area contributed by atoms with Crippen LogP contribution >= 0.6 is 0 Å². The van der Waals surface area contributed by atoms with E-state index in [4.69, 9.17) is 5.11 Å². The minimum Gasteiger partial charge on any atom is -0.370 e. The molecule has 0 rings (SSSR count). The van der Waals surface area contributed by atoms with E-state index in [2.05, 4.69) is 6.58 Å². The summed E-state index contributed by atoms with van der Waals surface area (Å²) in [6.07, 6.45) is 1.52. The number of hydrogen-bond donors (Lipinski definition) is 2. The molecule has 0 saturated heterocycles. The van der Waals surface area contributed by atoms with Crippen molar-refractivity contribution in [2.24, 2.45) is 0 Å². The molecule has 0 saturated carbocycles. The van der Waals surface area contributed by atoms with Crippen molar-refractivity contribution < 1.29 is 9.90 Å². The van der Waals surface area contributed by atoms with E-state index in [1.807, 2.05) is 5.32 Å². The molecular weight excluding hydrogens is 94.0 g/mol. The molecule has 0 aliphatic heterocycles. The molecule has 7 heavy (non-hydrogen) atoms. The highest BCUT2D eigenvalue weighted by molar-refractivity contribution is 5.47. The van der Waals surface area contributed by atoms with Crippen LogP contribution in [0.1, 0.15) is 0 Å². The molecule has 2 N–H and O–H groups in total. The summed E-state index contributed by atoms with van der Waals surface area (Å²) in [5.41, 5.74) is 0. The van der Waals surface area contributed by atoms with E-state index >= 15 is 0 Å². The van der Waals surface area contributed by atoms with Crippen molar-refractivity contribution in [3.63, 3.8) is 0 Å². The zero-order valence-corrected chi connectivity index (χ0v) is 3.72. The Labute approximate surface area is 41.7 Å². The Hall–Kier alpha value is -0.830. The van der Waals surface area contributed by atoms with Crippen LogP contribution in [-0.4, -0.2) is 17.7 Å². The van der Waals surface area contributed by atoms with Crippen LogP contribution in [0, 0.1) is 0 Å².